The second-order valence-corrected chi connectivity index (χ2v) is 3.62. The third kappa shape index (κ3) is 1.55. The van der Waals surface area contributed by atoms with E-state index in [2.05, 4.69) is 15.2 Å². The highest BCUT2D eigenvalue weighted by Gasteiger charge is 2.24. The van der Waals surface area contributed by atoms with Crippen LogP contribution in [0.1, 0.15) is 29.2 Å². The summed E-state index contributed by atoms with van der Waals surface area (Å²) in [6.07, 6.45) is 1.56. The van der Waals surface area contributed by atoms with E-state index in [0.29, 0.717) is 0 Å². The maximum atomic E-state index is 8.67. The van der Waals surface area contributed by atoms with Gasteiger partial charge in [-0.3, -0.25) is 0 Å². The van der Waals surface area contributed by atoms with Gasteiger partial charge in [-0.1, -0.05) is 28.5 Å². The highest BCUT2D eigenvalue weighted by molar-refractivity contribution is 5.98. The molecule has 1 aromatic carbocycles. The molecule has 0 saturated carbocycles. The van der Waals surface area contributed by atoms with E-state index in [1.807, 2.05) is 12.1 Å². The van der Waals surface area contributed by atoms with Crippen LogP contribution in [0, 0.1) is 0 Å². The fraction of sp³-hybridized carbons (Fsp3) is 0.300. The number of fused-ring (bicyclic) bond motifs is 1. The van der Waals surface area contributed by atoms with Crippen LogP contribution in [0.2, 0.25) is 0 Å². The largest absolute Gasteiger partial charge is 0.409 e. The summed E-state index contributed by atoms with van der Waals surface area (Å²) in [5.41, 5.74) is 16.7. The molecule has 0 bridgehead atoms. The molecule has 1 aliphatic rings. The van der Waals surface area contributed by atoms with Crippen molar-refractivity contribution in [3.8, 4) is 0 Å². The number of hydrogen-bond acceptors (Lipinski definition) is 3. The molecule has 6 heteroatoms. The highest BCUT2D eigenvalue weighted by atomic mass is 16.4. The van der Waals surface area contributed by atoms with Crippen LogP contribution in [0.25, 0.3) is 10.4 Å². The average Bonchev–Trinajstić information content (AvgIpc) is 2.72. The van der Waals surface area contributed by atoms with E-state index in [0.717, 1.165) is 29.5 Å². The molecule has 82 valence electrons. The van der Waals surface area contributed by atoms with Crippen LogP contribution in [-0.4, -0.2) is 11.0 Å². The fourth-order valence-corrected chi connectivity index (χ4v) is 2.11. The molecule has 1 aliphatic carbocycles. The van der Waals surface area contributed by atoms with Gasteiger partial charge in [-0.2, -0.15) is 0 Å². The zero-order valence-electron chi connectivity index (χ0n) is 8.54. The lowest BCUT2D eigenvalue weighted by molar-refractivity contribution is 0.318. The molecule has 0 spiro atoms. The lowest BCUT2D eigenvalue weighted by atomic mass is 10.0. The molecule has 0 amide bonds. The minimum atomic E-state index is -0.133. The zero-order chi connectivity index (χ0) is 11.5. The van der Waals surface area contributed by atoms with E-state index in [1.54, 1.807) is 6.07 Å². The Hall–Kier alpha value is -2.20. The predicted molar refractivity (Wildman–Crippen MR) is 59.2 cm³/mol. The Morgan fingerprint density at radius 3 is 3.06 bits per heavy atom. The molecule has 0 aromatic heterocycles. The van der Waals surface area contributed by atoms with Gasteiger partial charge in [0.1, 0.15) is 0 Å². The normalized spacial score (nSPS) is 19.0. The summed E-state index contributed by atoms with van der Waals surface area (Å²) in [5, 5.41) is 15.4. The summed E-state index contributed by atoms with van der Waals surface area (Å²) in [5.74, 6) is 0.0958. The maximum absolute atomic E-state index is 8.67. The number of nitrogens with zero attached hydrogens (tertiary/aromatic N) is 4. The summed E-state index contributed by atoms with van der Waals surface area (Å²) in [4.78, 5) is 2.83. The number of amidine groups is 1. The number of azide groups is 1. The van der Waals surface area contributed by atoms with Gasteiger partial charge in [0.05, 0.1) is 6.04 Å². The molecule has 1 unspecified atom stereocenters. The lowest BCUT2D eigenvalue weighted by Gasteiger charge is -2.07. The number of oxime groups is 1. The van der Waals surface area contributed by atoms with Crippen LogP contribution in [0.3, 0.4) is 0 Å². The SMILES string of the molecule is [N-]=[N+]=NC1CCc2c(/C(N)=N\O)cccc21. The van der Waals surface area contributed by atoms with Gasteiger partial charge >= 0.3 is 0 Å². The third-order valence-corrected chi connectivity index (χ3v) is 2.81. The molecule has 1 aromatic rings. The molecule has 0 radical (unpaired) electrons. The highest BCUT2D eigenvalue weighted by Crippen LogP contribution is 2.35. The predicted octanol–water partition coefficient (Wildman–Crippen LogP) is 2.08. The molecule has 0 heterocycles. The molecule has 3 N–H and O–H groups in total. The van der Waals surface area contributed by atoms with Crippen molar-refractivity contribution in [2.75, 3.05) is 0 Å². The molecule has 0 fully saturated rings. The van der Waals surface area contributed by atoms with Gasteiger partial charge in [-0.25, -0.2) is 0 Å². The summed E-state index contributed by atoms with van der Waals surface area (Å²) < 4.78 is 0. The van der Waals surface area contributed by atoms with E-state index in [1.165, 1.54) is 0 Å². The van der Waals surface area contributed by atoms with E-state index in [-0.39, 0.29) is 11.9 Å². The standard InChI is InChI=1S/C10H11N5O/c11-10(14-16)8-3-1-2-7-6(8)4-5-9(7)13-15-12/h1-3,9,16H,4-5H2,(H2,11,14). The van der Waals surface area contributed by atoms with Gasteiger partial charge in [0, 0.05) is 10.5 Å². The number of nitrogens with two attached hydrogens (primary N) is 1. The first-order valence-corrected chi connectivity index (χ1v) is 4.91. The maximum Gasteiger partial charge on any atom is 0.170 e. The van der Waals surface area contributed by atoms with Gasteiger partial charge in [-0.15, -0.1) is 0 Å². The Balaban J connectivity index is 2.51. The average molecular weight is 217 g/mol. The van der Waals surface area contributed by atoms with Crippen molar-refractivity contribution < 1.29 is 5.21 Å². The number of rotatable bonds is 2. The molecular weight excluding hydrogens is 206 g/mol. The van der Waals surface area contributed by atoms with Crippen molar-refractivity contribution in [1.29, 1.82) is 0 Å². The topological polar surface area (TPSA) is 107 Å². The van der Waals surface area contributed by atoms with Crippen molar-refractivity contribution in [2.24, 2.45) is 16.0 Å². The van der Waals surface area contributed by atoms with Gasteiger partial charge in [-0.05, 0) is 29.5 Å². The second kappa shape index (κ2) is 4.12. The Bertz CT molecular complexity index is 490. The Morgan fingerprint density at radius 2 is 2.38 bits per heavy atom. The van der Waals surface area contributed by atoms with Crippen molar-refractivity contribution in [1.82, 2.24) is 0 Å². The van der Waals surface area contributed by atoms with Crippen molar-refractivity contribution in [3.63, 3.8) is 0 Å². The number of hydrogen-bond donors (Lipinski definition) is 2. The second-order valence-electron chi connectivity index (χ2n) is 3.62. The van der Waals surface area contributed by atoms with E-state index >= 15 is 0 Å². The van der Waals surface area contributed by atoms with E-state index in [4.69, 9.17) is 16.5 Å². The monoisotopic (exact) mass is 217 g/mol. The van der Waals surface area contributed by atoms with Crippen molar-refractivity contribution in [2.45, 2.75) is 18.9 Å². The molecular formula is C10H11N5O. The molecule has 0 saturated heterocycles. The molecule has 6 nitrogen and oxygen atoms in total. The van der Waals surface area contributed by atoms with E-state index < -0.39 is 0 Å². The van der Waals surface area contributed by atoms with Crippen molar-refractivity contribution >= 4 is 5.84 Å². The smallest absolute Gasteiger partial charge is 0.170 e. The Morgan fingerprint density at radius 1 is 1.56 bits per heavy atom. The minimum absolute atomic E-state index is 0.0958. The number of benzene rings is 1. The zero-order valence-corrected chi connectivity index (χ0v) is 8.54. The minimum Gasteiger partial charge on any atom is -0.409 e. The quantitative estimate of drug-likeness (QED) is 0.150. The van der Waals surface area contributed by atoms with Gasteiger partial charge in [0.15, 0.2) is 5.84 Å². The van der Waals surface area contributed by atoms with E-state index in [9.17, 15) is 0 Å². The van der Waals surface area contributed by atoms with Crippen LogP contribution in [0.5, 0.6) is 0 Å². The first kappa shape index (κ1) is 10.3. The Kier molecular flexibility index (Phi) is 2.66. The summed E-state index contributed by atoms with van der Waals surface area (Å²) in [7, 11) is 0. The Labute approximate surface area is 92.0 Å². The van der Waals surface area contributed by atoms with Gasteiger partial charge in [0.25, 0.3) is 0 Å². The van der Waals surface area contributed by atoms with Gasteiger partial charge in [0.2, 0.25) is 0 Å². The third-order valence-electron chi connectivity index (χ3n) is 2.81. The first-order valence-electron chi connectivity index (χ1n) is 4.91. The van der Waals surface area contributed by atoms with Crippen LogP contribution >= 0.6 is 0 Å². The van der Waals surface area contributed by atoms with Crippen LogP contribution < -0.4 is 5.73 Å². The summed E-state index contributed by atoms with van der Waals surface area (Å²) in [6.45, 7) is 0. The summed E-state index contributed by atoms with van der Waals surface area (Å²) in [6, 6.07) is 5.39. The first-order chi connectivity index (χ1) is 7.77. The van der Waals surface area contributed by atoms with Crippen LogP contribution in [0.15, 0.2) is 28.5 Å². The molecule has 1 atom stereocenters. The lowest BCUT2D eigenvalue weighted by Crippen LogP contribution is -2.15. The molecule has 2 rings (SSSR count). The molecule has 16 heavy (non-hydrogen) atoms. The fourth-order valence-electron chi connectivity index (χ4n) is 2.11. The van der Waals surface area contributed by atoms with Crippen LogP contribution in [0.4, 0.5) is 0 Å². The molecule has 0 aliphatic heterocycles. The van der Waals surface area contributed by atoms with Gasteiger partial charge < -0.3 is 10.9 Å². The van der Waals surface area contributed by atoms with Crippen LogP contribution in [-0.2, 0) is 6.42 Å². The summed E-state index contributed by atoms with van der Waals surface area (Å²) >= 11 is 0. The van der Waals surface area contributed by atoms with Crippen molar-refractivity contribution in [3.05, 3.63) is 45.3 Å².